The van der Waals surface area contributed by atoms with Gasteiger partial charge in [0.2, 0.25) is 5.91 Å². The molecule has 122 valence electrons. The summed E-state index contributed by atoms with van der Waals surface area (Å²) in [4.78, 5) is 15.3. The number of hydrogen-bond acceptors (Lipinski definition) is 4. The Kier molecular flexibility index (Phi) is 6.73. The summed E-state index contributed by atoms with van der Waals surface area (Å²) in [6.45, 7) is 6.76. The maximum Gasteiger partial charge on any atom is 0.234 e. The standard InChI is InChI=1S/C17H26N2O2S/c1-13-3-5-16(6-4-13)22-10-8-18-17(21)12-19-9-7-15(11-19)14(2)20/h3-6,14-15,20H,7-12H2,1-2H3,(H,18,21). The molecule has 2 rings (SSSR count). The fraction of sp³-hybridized carbons (Fsp3) is 0.588. The lowest BCUT2D eigenvalue weighted by Crippen LogP contribution is -2.37. The van der Waals surface area contributed by atoms with Crippen molar-refractivity contribution in [1.29, 1.82) is 0 Å². The van der Waals surface area contributed by atoms with Crippen LogP contribution in [0.3, 0.4) is 0 Å². The monoisotopic (exact) mass is 322 g/mol. The molecule has 2 N–H and O–H groups in total. The summed E-state index contributed by atoms with van der Waals surface area (Å²) >= 11 is 1.76. The van der Waals surface area contributed by atoms with Crippen molar-refractivity contribution in [2.45, 2.75) is 31.3 Å². The van der Waals surface area contributed by atoms with Crippen LogP contribution in [0.2, 0.25) is 0 Å². The van der Waals surface area contributed by atoms with Crippen molar-refractivity contribution in [3.63, 3.8) is 0 Å². The number of carbonyl (C=O) groups is 1. The van der Waals surface area contributed by atoms with Crippen LogP contribution < -0.4 is 5.32 Å². The van der Waals surface area contributed by atoms with E-state index in [0.29, 0.717) is 19.0 Å². The van der Waals surface area contributed by atoms with Gasteiger partial charge in [-0.05, 0) is 44.9 Å². The smallest absolute Gasteiger partial charge is 0.234 e. The normalized spacial score (nSPS) is 20.0. The summed E-state index contributed by atoms with van der Waals surface area (Å²) in [5.41, 5.74) is 1.26. The number of carbonyl (C=O) groups excluding carboxylic acids is 1. The Balaban J connectivity index is 1.59. The number of amides is 1. The van der Waals surface area contributed by atoms with Gasteiger partial charge in [0.15, 0.2) is 0 Å². The minimum Gasteiger partial charge on any atom is -0.393 e. The Morgan fingerprint density at radius 1 is 1.45 bits per heavy atom. The minimum atomic E-state index is -0.279. The van der Waals surface area contributed by atoms with Gasteiger partial charge < -0.3 is 10.4 Å². The molecule has 5 heteroatoms. The number of nitrogens with one attached hydrogen (secondary N) is 1. The first-order chi connectivity index (χ1) is 10.5. The van der Waals surface area contributed by atoms with Gasteiger partial charge in [0.1, 0.15) is 0 Å². The number of aliphatic hydroxyl groups is 1. The third kappa shape index (κ3) is 5.63. The molecular weight excluding hydrogens is 296 g/mol. The van der Waals surface area contributed by atoms with Crippen molar-refractivity contribution in [1.82, 2.24) is 10.2 Å². The zero-order chi connectivity index (χ0) is 15.9. The molecule has 22 heavy (non-hydrogen) atoms. The average Bonchev–Trinajstić information content (AvgIpc) is 2.94. The molecule has 1 aromatic carbocycles. The maximum absolute atomic E-state index is 11.9. The predicted molar refractivity (Wildman–Crippen MR) is 91.1 cm³/mol. The fourth-order valence-electron chi connectivity index (χ4n) is 2.65. The first-order valence-electron chi connectivity index (χ1n) is 7.91. The van der Waals surface area contributed by atoms with Crippen LogP contribution in [0.1, 0.15) is 18.9 Å². The predicted octanol–water partition coefficient (Wildman–Crippen LogP) is 1.91. The maximum atomic E-state index is 11.9. The van der Waals surface area contributed by atoms with Crippen LogP contribution in [-0.2, 0) is 4.79 Å². The number of nitrogens with zero attached hydrogens (tertiary/aromatic N) is 1. The molecule has 0 bridgehead atoms. The van der Waals surface area contributed by atoms with Crippen LogP contribution in [0.5, 0.6) is 0 Å². The van der Waals surface area contributed by atoms with E-state index < -0.39 is 0 Å². The van der Waals surface area contributed by atoms with E-state index in [2.05, 4.69) is 41.4 Å². The van der Waals surface area contributed by atoms with Crippen LogP contribution in [0.25, 0.3) is 0 Å². The molecule has 0 saturated carbocycles. The molecule has 2 unspecified atom stereocenters. The second-order valence-electron chi connectivity index (χ2n) is 6.04. The van der Waals surface area contributed by atoms with Crippen molar-refractivity contribution in [3.8, 4) is 0 Å². The van der Waals surface area contributed by atoms with E-state index in [1.54, 1.807) is 11.8 Å². The van der Waals surface area contributed by atoms with Crippen molar-refractivity contribution in [2.24, 2.45) is 5.92 Å². The molecule has 1 amide bonds. The molecule has 0 radical (unpaired) electrons. The molecule has 0 spiro atoms. The van der Waals surface area contributed by atoms with Gasteiger partial charge in [-0.1, -0.05) is 17.7 Å². The lowest BCUT2D eigenvalue weighted by molar-refractivity contribution is -0.121. The van der Waals surface area contributed by atoms with Crippen LogP contribution >= 0.6 is 11.8 Å². The topological polar surface area (TPSA) is 52.6 Å². The highest BCUT2D eigenvalue weighted by atomic mass is 32.2. The van der Waals surface area contributed by atoms with Crippen LogP contribution in [0.15, 0.2) is 29.2 Å². The molecule has 1 aliphatic rings. The number of hydrogen-bond donors (Lipinski definition) is 2. The van der Waals surface area contributed by atoms with Crippen molar-refractivity contribution in [2.75, 3.05) is 31.9 Å². The Hall–Kier alpha value is -1.04. The first kappa shape index (κ1) is 17.3. The van der Waals surface area contributed by atoms with Crippen LogP contribution in [-0.4, -0.2) is 53.9 Å². The van der Waals surface area contributed by atoms with E-state index in [9.17, 15) is 9.90 Å². The van der Waals surface area contributed by atoms with Crippen molar-refractivity contribution in [3.05, 3.63) is 29.8 Å². The molecule has 4 nitrogen and oxygen atoms in total. The van der Waals surface area contributed by atoms with Gasteiger partial charge in [0.05, 0.1) is 12.6 Å². The average molecular weight is 322 g/mol. The largest absolute Gasteiger partial charge is 0.393 e. The van der Waals surface area contributed by atoms with E-state index in [4.69, 9.17) is 0 Å². The highest BCUT2D eigenvalue weighted by Crippen LogP contribution is 2.19. The highest BCUT2D eigenvalue weighted by Gasteiger charge is 2.26. The molecule has 0 aliphatic carbocycles. The van der Waals surface area contributed by atoms with E-state index in [-0.39, 0.29) is 12.0 Å². The third-order valence-corrected chi connectivity index (χ3v) is 5.09. The van der Waals surface area contributed by atoms with Gasteiger partial charge in [-0.25, -0.2) is 0 Å². The van der Waals surface area contributed by atoms with E-state index >= 15 is 0 Å². The second-order valence-corrected chi connectivity index (χ2v) is 7.20. The zero-order valence-electron chi connectivity index (χ0n) is 13.4. The number of thioether (sulfide) groups is 1. The number of aryl methyl sites for hydroxylation is 1. The van der Waals surface area contributed by atoms with Gasteiger partial charge in [-0.2, -0.15) is 0 Å². The van der Waals surface area contributed by atoms with Gasteiger partial charge in [0.25, 0.3) is 0 Å². The third-order valence-electron chi connectivity index (χ3n) is 4.07. The van der Waals surface area contributed by atoms with Gasteiger partial charge in [0, 0.05) is 23.7 Å². The van der Waals surface area contributed by atoms with E-state index in [1.165, 1.54) is 10.5 Å². The first-order valence-corrected chi connectivity index (χ1v) is 8.90. The molecule has 1 saturated heterocycles. The molecule has 1 aromatic rings. The quantitative estimate of drug-likeness (QED) is 0.595. The second kappa shape index (κ2) is 8.56. The SMILES string of the molecule is Cc1ccc(SCCNC(=O)CN2CCC(C(C)O)C2)cc1. The molecular formula is C17H26N2O2S. The number of likely N-dealkylation sites (tertiary alicyclic amines) is 1. The van der Waals surface area contributed by atoms with Crippen molar-refractivity contribution >= 4 is 17.7 Å². The molecule has 1 heterocycles. The van der Waals surface area contributed by atoms with Gasteiger partial charge >= 0.3 is 0 Å². The minimum absolute atomic E-state index is 0.0794. The summed E-state index contributed by atoms with van der Waals surface area (Å²) in [6.07, 6.45) is 0.702. The Bertz CT molecular complexity index is 476. The van der Waals surface area contributed by atoms with Crippen molar-refractivity contribution < 1.29 is 9.90 Å². The number of benzene rings is 1. The lowest BCUT2D eigenvalue weighted by atomic mass is 10.0. The zero-order valence-corrected chi connectivity index (χ0v) is 14.2. The lowest BCUT2D eigenvalue weighted by Gasteiger charge is -2.16. The molecule has 0 aromatic heterocycles. The van der Waals surface area contributed by atoms with Gasteiger partial charge in [-0.3, -0.25) is 9.69 Å². The fourth-order valence-corrected chi connectivity index (χ4v) is 3.42. The number of rotatable bonds is 7. The van der Waals surface area contributed by atoms with E-state index in [0.717, 1.165) is 25.3 Å². The summed E-state index contributed by atoms with van der Waals surface area (Å²) in [5.74, 6) is 1.27. The molecule has 1 aliphatic heterocycles. The number of aliphatic hydroxyl groups excluding tert-OH is 1. The molecule has 2 atom stereocenters. The van der Waals surface area contributed by atoms with Gasteiger partial charge in [-0.15, -0.1) is 11.8 Å². The summed E-state index contributed by atoms with van der Waals surface area (Å²) < 4.78 is 0. The summed E-state index contributed by atoms with van der Waals surface area (Å²) in [5, 5.41) is 12.5. The Labute approximate surface area is 137 Å². The Morgan fingerprint density at radius 2 is 2.18 bits per heavy atom. The summed E-state index contributed by atoms with van der Waals surface area (Å²) in [7, 11) is 0. The van der Waals surface area contributed by atoms with E-state index in [1.807, 2.05) is 6.92 Å². The Morgan fingerprint density at radius 3 is 2.82 bits per heavy atom. The molecule has 1 fully saturated rings. The van der Waals surface area contributed by atoms with Crippen LogP contribution in [0, 0.1) is 12.8 Å². The summed E-state index contributed by atoms with van der Waals surface area (Å²) in [6, 6.07) is 8.43. The van der Waals surface area contributed by atoms with Crippen LogP contribution in [0.4, 0.5) is 0 Å². The highest BCUT2D eigenvalue weighted by molar-refractivity contribution is 7.99.